The van der Waals surface area contributed by atoms with Crippen molar-refractivity contribution >= 4 is 23.8 Å². The zero-order chi connectivity index (χ0) is 21.0. The molecule has 0 saturated heterocycles. The zero-order valence-corrected chi connectivity index (χ0v) is 17.4. The van der Waals surface area contributed by atoms with E-state index in [0.717, 1.165) is 0 Å². The van der Waals surface area contributed by atoms with Crippen molar-refractivity contribution in [3.63, 3.8) is 0 Å². The molecule has 0 aliphatic heterocycles. The predicted octanol–water partition coefficient (Wildman–Crippen LogP) is 5.19. The highest BCUT2D eigenvalue weighted by molar-refractivity contribution is 7.87. The molecule has 0 N–H and O–H groups in total. The van der Waals surface area contributed by atoms with Gasteiger partial charge in [-0.2, -0.15) is 21.6 Å². The first kappa shape index (κ1) is 21.8. The van der Waals surface area contributed by atoms with Crippen LogP contribution < -0.4 is 0 Å². The van der Waals surface area contributed by atoms with Gasteiger partial charge in [-0.1, -0.05) is 80.3 Å². The van der Waals surface area contributed by atoms with Crippen LogP contribution in [0.5, 0.6) is 0 Å². The second-order valence-corrected chi connectivity index (χ2v) is 13.2. The number of benzene rings is 2. The van der Waals surface area contributed by atoms with Gasteiger partial charge < -0.3 is 4.18 Å². The summed E-state index contributed by atoms with van der Waals surface area (Å²) < 4.78 is 66.9. The highest BCUT2D eigenvalue weighted by Gasteiger charge is 2.49. The van der Waals surface area contributed by atoms with Crippen LogP contribution in [0.3, 0.4) is 0 Å². The summed E-state index contributed by atoms with van der Waals surface area (Å²) in [5, 5.41) is 0. The third-order valence-corrected chi connectivity index (χ3v) is 5.21. The molecule has 148 valence electrons. The lowest BCUT2D eigenvalue weighted by molar-refractivity contribution is -0.0518. The molecule has 2 aromatic rings. The van der Waals surface area contributed by atoms with Gasteiger partial charge in [0.15, 0.2) is 0 Å². The van der Waals surface area contributed by atoms with Crippen LogP contribution in [0.25, 0.3) is 5.57 Å². The van der Waals surface area contributed by atoms with Crippen molar-refractivity contribution in [2.75, 3.05) is 0 Å². The van der Waals surface area contributed by atoms with E-state index in [4.69, 9.17) is 0 Å². The average Bonchev–Trinajstić information content (AvgIpc) is 2.60. The molecule has 0 bridgehead atoms. The molecule has 28 heavy (non-hydrogen) atoms. The summed E-state index contributed by atoms with van der Waals surface area (Å²) in [4.78, 5) is 0. The third-order valence-electron chi connectivity index (χ3n) is 3.38. The van der Waals surface area contributed by atoms with Gasteiger partial charge in [0.2, 0.25) is 5.76 Å². The number of halogens is 3. The zero-order valence-electron chi connectivity index (χ0n) is 15.5. The maximum Gasteiger partial charge on any atom is 0.534 e. The molecule has 0 fully saturated rings. The fourth-order valence-electron chi connectivity index (χ4n) is 2.16. The SMILES string of the molecule is C[Si](C)(C)C#CC(OS(=O)(=O)C(F)(F)F)=C(c1ccccc1)c1ccccc1. The van der Waals surface area contributed by atoms with Crippen LogP contribution >= 0.6 is 0 Å². The Bertz CT molecular complexity index is 970. The Kier molecular flexibility index (Phi) is 6.42. The molecule has 8 heteroatoms. The molecule has 0 aromatic heterocycles. The molecular formula is C20H19F3O3SSi. The van der Waals surface area contributed by atoms with Gasteiger partial charge in [0, 0.05) is 5.57 Å². The molecule has 0 radical (unpaired) electrons. The number of hydrogen-bond acceptors (Lipinski definition) is 3. The van der Waals surface area contributed by atoms with Crippen LogP contribution in [-0.2, 0) is 14.3 Å². The van der Waals surface area contributed by atoms with E-state index in [0.29, 0.717) is 11.1 Å². The summed E-state index contributed by atoms with van der Waals surface area (Å²) >= 11 is 0. The maximum atomic E-state index is 13.0. The van der Waals surface area contributed by atoms with Crippen molar-refractivity contribution in [1.82, 2.24) is 0 Å². The molecule has 0 aliphatic carbocycles. The fraction of sp³-hybridized carbons (Fsp3) is 0.200. The first-order valence-electron chi connectivity index (χ1n) is 8.30. The molecule has 0 aliphatic rings. The lowest BCUT2D eigenvalue weighted by Gasteiger charge is -2.15. The van der Waals surface area contributed by atoms with Crippen LogP contribution in [0.1, 0.15) is 11.1 Å². The summed E-state index contributed by atoms with van der Waals surface area (Å²) in [6.07, 6.45) is 0. The van der Waals surface area contributed by atoms with Crippen molar-refractivity contribution in [2.45, 2.75) is 25.1 Å². The van der Waals surface area contributed by atoms with Crippen LogP contribution in [0, 0.1) is 11.5 Å². The van der Waals surface area contributed by atoms with Crippen molar-refractivity contribution in [3.05, 3.63) is 77.5 Å². The molecular weight excluding hydrogens is 405 g/mol. The molecule has 2 aromatic carbocycles. The minimum absolute atomic E-state index is 0.180. The van der Waals surface area contributed by atoms with E-state index in [2.05, 4.69) is 15.6 Å². The second kappa shape index (κ2) is 8.25. The Morgan fingerprint density at radius 3 is 1.68 bits per heavy atom. The van der Waals surface area contributed by atoms with Crippen molar-refractivity contribution < 1.29 is 25.8 Å². The summed E-state index contributed by atoms with van der Waals surface area (Å²) in [7, 11) is -7.91. The van der Waals surface area contributed by atoms with Crippen molar-refractivity contribution in [3.8, 4) is 11.5 Å². The van der Waals surface area contributed by atoms with Gasteiger partial charge in [-0.15, -0.1) is 5.54 Å². The number of alkyl halides is 3. The number of hydrogen-bond donors (Lipinski definition) is 0. The number of allylic oxidation sites excluding steroid dienone is 1. The van der Waals surface area contributed by atoms with Gasteiger partial charge in [0.25, 0.3) is 0 Å². The van der Waals surface area contributed by atoms with Gasteiger partial charge in [0.05, 0.1) is 0 Å². The minimum atomic E-state index is -5.87. The third kappa shape index (κ3) is 5.75. The van der Waals surface area contributed by atoms with Crippen LogP contribution in [0.15, 0.2) is 66.4 Å². The largest absolute Gasteiger partial charge is 0.534 e. The minimum Gasteiger partial charge on any atom is -0.366 e. The summed E-state index contributed by atoms with van der Waals surface area (Å²) in [6, 6.07) is 16.9. The number of rotatable bonds is 4. The predicted molar refractivity (Wildman–Crippen MR) is 106 cm³/mol. The molecule has 0 spiro atoms. The van der Waals surface area contributed by atoms with Gasteiger partial charge in [-0.05, 0) is 17.0 Å². The summed E-state index contributed by atoms with van der Waals surface area (Å²) in [5.74, 6) is 2.03. The molecule has 3 nitrogen and oxygen atoms in total. The Morgan fingerprint density at radius 1 is 0.893 bits per heavy atom. The van der Waals surface area contributed by atoms with Crippen LogP contribution in [0.2, 0.25) is 19.6 Å². The molecule has 0 saturated carbocycles. The summed E-state index contributed by atoms with van der Waals surface area (Å²) in [6.45, 7) is 5.67. The van der Waals surface area contributed by atoms with Crippen molar-refractivity contribution in [2.24, 2.45) is 0 Å². The second-order valence-electron chi connectivity index (χ2n) is 6.92. The smallest absolute Gasteiger partial charge is 0.366 e. The molecule has 0 unspecified atom stereocenters. The Morgan fingerprint density at radius 2 is 1.32 bits per heavy atom. The Labute approximate surface area is 164 Å². The summed E-state index contributed by atoms with van der Waals surface area (Å²) in [5.41, 5.74) is -1.50. The first-order chi connectivity index (χ1) is 12.9. The van der Waals surface area contributed by atoms with E-state index < -0.39 is 29.5 Å². The Balaban J connectivity index is 2.82. The molecule has 0 atom stereocenters. The van der Waals surface area contributed by atoms with Gasteiger partial charge in [-0.3, -0.25) is 0 Å². The maximum absolute atomic E-state index is 13.0. The van der Waals surface area contributed by atoms with Gasteiger partial charge >= 0.3 is 15.6 Å². The molecule has 0 heterocycles. The highest BCUT2D eigenvalue weighted by Crippen LogP contribution is 2.32. The van der Waals surface area contributed by atoms with E-state index in [1.807, 2.05) is 19.6 Å². The highest BCUT2D eigenvalue weighted by atomic mass is 32.2. The van der Waals surface area contributed by atoms with E-state index >= 15 is 0 Å². The average molecular weight is 425 g/mol. The monoisotopic (exact) mass is 424 g/mol. The lowest BCUT2D eigenvalue weighted by Crippen LogP contribution is -2.25. The van der Waals surface area contributed by atoms with E-state index in [9.17, 15) is 21.6 Å². The lowest BCUT2D eigenvalue weighted by atomic mass is 9.97. The van der Waals surface area contributed by atoms with E-state index in [1.165, 1.54) is 0 Å². The molecule has 2 rings (SSSR count). The molecule has 0 amide bonds. The standard InChI is InChI=1S/C20H19F3O3SSi/c1-28(2,3)15-14-18(26-27(24,25)20(21,22)23)19(16-10-6-4-7-11-16)17-12-8-5-9-13-17/h4-13H,1-3H3. The van der Waals surface area contributed by atoms with Gasteiger partial charge in [0.1, 0.15) is 8.07 Å². The normalized spacial score (nSPS) is 11.9. The van der Waals surface area contributed by atoms with Crippen LogP contribution in [-0.4, -0.2) is 22.0 Å². The van der Waals surface area contributed by atoms with Crippen LogP contribution in [0.4, 0.5) is 13.2 Å². The quantitative estimate of drug-likeness (QED) is 0.223. The first-order valence-corrected chi connectivity index (χ1v) is 13.2. The van der Waals surface area contributed by atoms with Gasteiger partial charge in [-0.25, -0.2) is 0 Å². The topological polar surface area (TPSA) is 43.4 Å². The Hall–Kier alpha value is -2.50. The van der Waals surface area contributed by atoms with E-state index in [1.54, 1.807) is 60.7 Å². The fourth-order valence-corrected chi connectivity index (χ4v) is 3.09. The van der Waals surface area contributed by atoms with Crippen molar-refractivity contribution in [1.29, 1.82) is 0 Å². The van der Waals surface area contributed by atoms with E-state index in [-0.39, 0.29) is 5.57 Å².